The fraction of sp³-hybridized carbons (Fsp3) is 0.158. The van der Waals surface area contributed by atoms with Gasteiger partial charge >= 0.3 is 0 Å². The number of halogens is 1. The van der Waals surface area contributed by atoms with Crippen LogP contribution in [-0.4, -0.2) is 24.9 Å². The number of nitrogens with zero attached hydrogens (tertiary/aromatic N) is 5. The molecule has 0 bridgehead atoms. The van der Waals surface area contributed by atoms with E-state index in [2.05, 4.69) is 26.9 Å². The summed E-state index contributed by atoms with van der Waals surface area (Å²) in [5, 5.41) is 15.9. The minimum atomic E-state index is 0.284. The minimum Gasteiger partial charge on any atom is -0.486 e. The van der Waals surface area contributed by atoms with Gasteiger partial charge in [0.15, 0.2) is 11.0 Å². The van der Waals surface area contributed by atoms with Crippen LogP contribution in [0, 0.1) is 0 Å². The maximum absolute atomic E-state index is 5.90. The predicted octanol–water partition coefficient (Wildman–Crippen LogP) is 5.10. The zero-order valence-corrected chi connectivity index (χ0v) is 17.6. The van der Waals surface area contributed by atoms with Crippen molar-refractivity contribution in [2.75, 3.05) is 0 Å². The van der Waals surface area contributed by atoms with Crippen LogP contribution < -0.4 is 4.74 Å². The average Bonchev–Trinajstić information content (AvgIpc) is 3.48. The van der Waals surface area contributed by atoms with Crippen molar-refractivity contribution in [3.63, 3.8) is 0 Å². The van der Waals surface area contributed by atoms with Crippen molar-refractivity contribution in [3.8, 4) is 16.5 Å². The van der Waals surface area contributed by atoms with Gasteiger partial charge in [-0.1, -0.05) is 40.7 Å². The summed E-state index contributed by atoms with van der Waals surface area (Å²) in [6.07, 6.45) is 1.79. The first-order valence-corrected chi connectivity index (χ1v) is 10.9. The molecule has 3 heterocycles. The molecule has 0 spiro atoms. The Morgan fingerprint density at radius 2 is 2.10 bits per heavy atom. The van der Waals surface area contributed by atoms with Crippen molar-refractivity contribution >= 4 is 34.7 Å². The smallest absolute Gasteiger partial charge is 0.237 e. The molecule has 0 radical (unpaired) electrons. The molecule has 3 aromatic heterocycles. The molecule has 4 rings (SSSR count). The van der Waals surface area contributed by atoms with Gasteiger partial charge in [0.2, 0.25) is 11.7 Å². The number of hydrogen-bond donors (Lipinski definition) is 0. The van der Waals surface area contributed by atoms with Crippen LogP contribution >= 0.6 is 34.7 Å². The zero-order chi connectivity index (χ0) is 20.1. The number of hydrogen-bond acceptors (Lipinski definition) is 8. The monoisotopic (exact) mass is 445 g/mol. The first-order chi connectivity index (χ1) is 14.2. The van der Waals surface area contributed by atoms with Crippen molar-refractivity contribution in [1.82, 2.24) is 24.9 Å². The SMILES string of the molecule is C=CCn1c(COc2ccc(Cl)cc2)nnc1SCc1nc(-c2cccs2)no1. The Labute approximate surface area is 180 Å². The molecule has 0 unspecified atom stereocenters. The number of ether oxygens (including phenoxy) is 1. The van der Waals surface area contributed by atoms with E-state index in [1.54, 1.807) is 29.5 Å². The van der Waals surface area contributed by atoms with E-state index in [9.17, 15) is 0 Å². The molecule has 0 aliphatic carbocycles. The Bertz CT molecular complexity index is 1080. The van der Waals surface area contributed by atoms with E-state index in [0.29, 0.717) is 40.6 Å². The molecular formula is C19H16ClN5O2S2. The van der Waals surface area contributed by atoms with Crippen LogP contribution in [0.5, 0.6) is 5.75 Å². The molecule has 0 aliphatic rings. The van der Waals surface area contributed by atoms with E-state index in [0.717, 1.165) is 10.0 Å². The van der Waals surface area contributed by atoms with E-state index >= 15 is 0 Å². The van der Waals surface area contributed by atoms with E-state index in [1.807, 2.05) is 34.2 Å². The van der Waals surface area contributed by atoms with Gasteiger partial charge in [-0.15, -0.1) is 28.1 Å². The van der Waals surface area contributed by atoms with Gasteiger partial charge in [0.05, 0.1) is 10.6 Å². The van der Waals surface area contributed by atoms with Crippen LogP contribution in [0.15, 0.2) is 64.1 Å². The van der Waals surface area contributed by atoms with Crippen LogP contribution in [0.3, 0.4) is 0 Å². The molecule has 7 nitrogen and oxygen atoms in total. The average molecular weight is 446 g/mol. The van der Waals surface area contributed by atoms with Crippen molar-refractivity contribution in [2.24, 2.45) is 0 Å². The van der Waals surface area contributed by atoms with Crippen molar-refractivity contribution in [3.05, 3.63) is 71.2 Å². The van der Waals surface area contributed by atoms with Crippen LogP contribution in [0.2, 0.25) is 5.02 Å². The summed E-state index contributed by atoms with van der Waals surface area (Å²) in [6.45, 7) is 4.67. The van der Waals surface area contributed by atoms with Gasteiger partial charge in [0.1, 0.15) is 12.4 Å². The van der Waals surface area contributed by atoms with Gasteiger partial charge in [-0.3, -0.25) is 4.57 Å². The highest BCUT2D eigenvalue weighted by molar-refractivity contribution is 7.98. The lowest BCUT2D eigenvalue weighted by molar-refractivity contribution is 0.289. The van der Waals surface area contributed by atoms with Gasteiger partial charge in [0, 0.05) is 11.6 Å². The van der Waals surface area contributed by atoms with Gasteiger partial charge in [-0.2, -0.15) is 4.98 Å². The summed E-state index contributed by atoms with van der Waals surface area (Å²) >= 11 is 8.94. The standard InChI is InChI=1S/C19H16ClN5O2S2/c1-2-9-25-16(11-26-14-7-5-13(20)6-8-14)22-23-19(25)29-12-17-21-18(24-27-17)15-4-3-10-28-15/h2-8,10H,1,9,11-12H2. The summed E-state index contributed by atoms with van der Waals surface area (Å²) < 4.78 is 13.1. The normalized spacial score (nSPS) is 10.9. The second-order valence-electron chi connectivity index (χ2n) is 5.82. The molecule has 0 aliphatic heterocycles. The Balaban J connectivity index is 1.42. The predicted molar refractivity (Wildman–Crippen MR) is 113 cm³/mol. The molecule has 0 atom stereocenters. The minimum absolute atomic E-state index is 0.284. The third-order valence-electron chi connectivity index (χ3n) is 3.82. The molecule has 0 saturated heterocycles. The molecule has 1 aromatic carbocycles. The van der Waals surface area contributed by atoms with Crippen LogP contribution in [0.4, 0.5) is 0 Å². The van der Waals surface area contributed by atoms with Crippen molar-refractivity contribution in [2.45, 2.75) is 24.1 Å². The third kappa shape index (κ3) is 4.87. The Hall–Kier alpha value is -2.62. The maximum Gasteiger partial charge on any atom is 0.237 e. The van der Waals surface area contributed by atoms with Crippen molar-refractivity contribution < 1.29 is 9.26 Å². The highest BCUT2D eigenvalue weighted by Gasteiger charge is 2.15. The molecule has 0 saturated carbocycles. The van der Waals surface area contributed by atoms with Crippen molar-refractivity contribution in [1.29, 1.82) is 0 Å². The summed E-state index contributed by atoms with van der Waals surface area (Å²) in [5.74, 6) is 3.03. The summed E-state index contributed by atoms with van der Waals surface area (Å²) in [4.78, 5) is 5.41. The summed E-state index contributed by atoms with van der Waals surface area (Å²) in [6, 6.07) is 11.1. The molecule has 4 aromatic rings. The molecule has 10 heteroatoms. The van der Waals surface area contributed by atoms with Crippen LogP contribution in [0.25, 0.3) is 10.7 Å². The summed E-state index contributed by atoms with van der Waals surface area (Å²) in [7, 11) is 0. The fourth-order valence-corrected chi connectivity index (χ4v) is 4.05. The highest BCUT2D eigenvalue weighted by Crippen LogP contribution is 2.25. The number of thiophene rings is 1. The van der Waals surface area contributed by atoms with Gasteiger partial charge in [0.25, 0.3) is 0 Å². The lowest BCUT2D eigenvalue weighted by Crippen LogP contribution is -2.07. The van der Waals surface area contributed by atoms with Crippen LogP contribution in [0.1, 0.15) is 11.7 Å². The number of allylic oxidation sites excluding steroid dienone is 1. The first kappa shape index (κ1) is 19.7. The quantitative estimate of drug-likeness (QED) is 0.262. The van der Waals surface area contributed by atoms with Gasteiger partial charge in [-0.05, 0) is 35.7 Å². The molecule has 0 amide bonds. The van der Waals surface area contributed by atoms with E-state index in [-0.39, 0.29) is 6.61 Å². The summed E-state index contributed by atoms with van der Waals surface area (Å²) in [5.41, 5.74) is 0. The fourth-order valence-electron chi connectivity index (χ4n) is 2.47. The second kappa shape index (κ2) is 9.25. The van der Waals surface area contributed by atoms with Gasteiger partial charge < -0.3 is 9.26 Å². The molecule has 0 N–H and O–H groups in total. The molecular weight excluding hydrogens is 430 g/mol. The Morgan fingerprint density at radius 1 is 1.24 bits per heavy atom. The first-order valence-electron chi connectivity index (χ1n) is 8.63. The Morgan fingerprint density at radius 3 is 2.86 bits per heavy atom. The van der Waals surface area contributed by atoms with E-state index < -0.39 is 0 Å². The highest BCUT2D eigenvalue weighted by atomic mass is 35.5. The Kier molecular flexibility index (Phi) is 6.28. The van der Waals surface area contributed by atoms with E-state index in [4.69, 9.17) is 20.9 Å². The van der Waals surface area contributed by atoms with Crippen LogP contribution in [-0.2, 0) is 18.9 Å². The lowest BCUT2D eigenvalue weighted by Gasteiger charge is -2.08. The topological polar surface area (TPSA) is 78.9 Å². The largest absolute Gasteiger partial charge is 0.486 e. The number of aromatic nitrogens is 5. The number of thioether (sulfide) groups is 1. The van der Waals surface area contributed by atoms with E-state index in [1.165, 1.54) is 11.8 Å². The number of rotatable bonds is 9. The molecule has 29 heavy (non-hydrogen) atoms. The molecule has 148 valence electrons. The lowest BCUT2D eigenvalue weighted by atomic mass is 10.3. The third-order valence-corrected chi connectivity index (χ3v) is 5.89. The van der Waals surface area contributed by atoms with Gasteiger partial charge in [-0.25, -0.2) is 0 Å². The molecule has 0 fully saturated rings. The maximum atomic E-state index is 5.90. The second-order valence-corrected chi connectivity index (χ2v) is 8.15. The number of benzene rings is 1. The zero-order valence-electron chi connectivity index (χ0n) is 15.2.